The maximum Gasteiger partial charge on any atom is 0.314 e. The van der Waals surface area contributed by atoms with E-state index in [0.717, 1.165) is 0 Å². The lowest BCUT2D eigenvalue weighted by atomic mass is 9.72. The second kappa shape index (κ2) is 8.74. The molecule has 0 saturated carbocycles. The molecule has 0 spiro atoms. The lowest BCUT2D eigenvalue weighted by Gasteiger charge is -2.35. The first-order chi connectivity index (χ1) is 12.0. The Hall–Kier alpha value is -1.50. The number of nitrogens with zero attached hydrogens (tertiary/aromatic N) is 1. The summed E-state index contributed by atoms with van der Waals surface area (Å²) >= 11 is 17.5. The number of methoxy groups -OCH3 is 1. The molecule has 4 unspecified atom stereocenters. The summed E-state index contributed by atoms with van der Waals surface area (Å²) in [5, 5.41) is 1.99. The fourth-order valence-electron chi connectivity index (χ4n) is 2.97. The third-order valence-corrected chi connectivity index (χ3v) is 5.19. The molecule has 1 heterocycles. The van der Waals surface area contributed by atoms with Crippen LogP contribution in [-0.4, -0.2) is 43.3 Å². The van der Waals surface area contributed by atoms with E-state index in [9.17, 15) is 9.59 Å². The molecule has 0 saturated heterocycles. The molecule has 134 valence electrons. The molecule has 2 rings (SSSR count). The first kappa shape index (κ1) is 19.8. The number of aliphatic imine (C=N–C) groups is 1. The number of thiocarbonyl (C=S) groups is 1. The Morgan fingerprint density at radius 1 is 1.32 bits per heavy atom. The summed E-state index contributed by atoms with van der Waals surface area (Å²) in [6.45, 7) is 1.90. The van der Waals surface area contributed by atoms with Crippen molar-refractivity contribution < 1.29 is 19.1 Å². The number of hydrogen-bond acceptors (Lipinski definition) is 6. The van der Waals surface area contributed by atoms with Gasteiger partial charge in [-0.3, -0.25) is 14.6 Å². The number of esters is 2. The molecule has 4 atom stereocenters. The smallest absolute Gasteiger partial charge is 0.314 e. The molecule has 0 fully saturated rings. The number of ether oxygens (including phenoxy) is 2. The highest BCUT2D eigenvalue weighted by Gasteiger charge is 2.47. The summed E-state index contributed by atoms with van der Waals surface area (Å²) in [7, 11) is 1.28. The van der Waals surface area contributed by atoms with E-state index in [1.807, 2.05) is 0 Å². The van der Waals surface area contributed by atoms with E-state index in [0.29, 0.717) is 10.6 Å². The van der Waals surface area contributed by atoms with Crippen LogP contribution < -0.4 is 0 Å². The SMILES string of the molecule is CCOC(=O)C1C(C=S)N=CC(C(=O)OC)C1c1cccc(Cl)c1Cl. The summed E-state index contributed by atoms with van der Waals surface area (Å²) in [6, 6.07) is 4.45. The summed E-state index contributed by atoms with van der Waals surface area (Å²) in [6.07, 6.45) is 1.46. The van der Waals surface area contributed by atoms with Gasteiger partial charge >= 0.3 is 11.9 Å². The van der Waals surface area contributed by atoms with Gasteiger partial charge in [0.05, 0.1) is 41.6 Å². The molecule has 0 N–H and O–H groups in total. The topological polar surface area (TPSA) is 65.0 Å². The molecule has 1 aromatic carbocycles. The molecule has 0 radical (unpaired) electrons. The average molecular weight is 402 g/mol. The van der Waals surface area contributed by atoms with E-state index in [2.05, 4.69) is 4.99 Å². The van der Waals surface area contributed by atoms with Crippen LogP contribution in [0.5, 0.6) is 0 Å². The van der Waals surface area contributed by atoms with Gasteiger partial charge in [0.2, 0.25) is 0 Å². The van der Waals surface area contributed by atoms with Crippen LogP contribution in [-0.2, 0) is 19.1 Å². The number of benzene rings is 1. The monoisotopic (exact) mass is 401 g/mol. The summed E-state index contributed by atoms with van der Waals surface area (Å²) < 4.78 is 10.1. The van der Waals surface area contributed by atoms with Crippen molar-refractivity contribution in [2.24, 2.45) is 16.8 Å². The molecular formula is C17H17Cl2NO4S. The zero-order valence-electron chi connectivity index (χ0n) is 13.6. The first-order valence-corrected chi connectivity index (χ1v) is 8.85. The predicted octanol–water partition coefficient (Wildman–Crippen LogP) is 3.50. The minimum Gasteiger partial charge on any atom is -0.469 e. The minimum absolute atomic E-state index is 0.197. The Bertz CT molecular complexity index is 710. The van der Waals surface area contributed by atoms with E-state index in [-0.39, 0.29) is 11.6 Å². The van der Waals surface area contributed by atoms with Crippen LogP contribution in [0.25, 0.3) is 0 Å². The Morgan fingerprint density at radius 3 is 2.64 bits per heavy atom. The van der Waals surface area contributed by atoms with Crippen molar-refractivity contribution in [1.29, 1.82) is 0 Å². The fourth-order valence-corrected chi connectivity index (χ4v) is 3.64. The highest BCUT2D eigenvalue weighted by atomic mass is 35.5. The molecule has 25 heavy (non-hydrogen) atoms. The number of halogens is 2. The van der Waals surface area contributed by atoms with Crippen molar-refractivity contribution in [3.63, 3.8) is 0 Å². The van der Waals surface area contributed by atoms with Gasteiger partial charge in [0.15, 0.2) is 0 Å². The maximum atomic E-state index is 12.6. The molecule has 0 aliphatic carbocycles. The van der Waals surface area contributed by atoms with Crippen molar-refractivity contribution in [3.05, 3.63) is 33.8 Å². The quantitative estimate of drug-likeness (QED) is 0.557. The van der Waals surface area contributed by atoms with Crippen molar-refractivity contribution in [3.8, 4) is 0 Å². The van der Waals surface area contributed by atoms with Crippen molar-refractivity contribution in [2.75, 3.05) is 13.7 Å². The Labute approximate surface area is 161 Å². The molecule has 8 heteroatoms. The minimum atomic E-state index is -0.804. The van der Waals surface area contributed by atoms with Gasteiger partial charge in [0, 0.05) is 17.5 Å². The van der Waals surface area contributed by atoms with E-state index in [1.54, 1.807) is 25.1 Å². The van der Waals surface area contributed by atoms with Crippen LogP contribution in [0.15, 0.2) is 23.2 Å². The highest BCUT2D eigenvalue weighted by Crippen LogP contribution is 2.43. The zero-order chi connectivity index (χ0) is 18.6. The van der Waals surface area contributed by atoms with E-state index in [4.69, 9.17) is 44.9 Å². The van der Waals surface area contributed by atoms with Crippen LogP contribution in [0, 0.1) is 11.8 Å². The molecule has 1 aromatic rings. The lowest BCUT2D eigenvalue weighted by molar-refractivity contribution is -0.151. The van der Waals surface area contributed by atoms with Crippen LogP contribution in [0.3, 0.4) is 0 Å². The van der Waals surface area contributed by atoms with Gasteiger partial charge in [0.25, 0.3) is 0 Å². The lowest BCUT2D eigenvalue weighted by Crippen LogP contribution is -2.44. The van der Waals surface area contributed by atoms with Crippen LogP contribution in [0.2, 0.25) is 10.0 Å². The normalized spacial score (nSPS) is 25.3. The van der Waals surface area contributed by atoms with Gasteiger partial charge in [-0.1, -0.05) is 47.6 Å². The van der Waals surface area contributed by atoms with Gasteiger partial charge in [-0.15, -0.1) is 0 Å². The summed E-state index contributed by atoms with van der Waals surface area (Å²) in [4.78, 5) is 29.2. The van der Waals surface area contributed by atoms with Crippen molar-refractivity contribution >= 4 is 58.9 Å². The summed E-state index contributed by atoms with van der Waals surface area (Å²) in [5.74, 6) is -3.29. The second-order valence-electron chi connectivity index (χ2n) is 5.42. The predicted molar refractivity (Wildman–Crippen MR) is 101 cm³/mol. The van der Waals surface area contributed by atoms with Gasteiger partial charge in [-0.05, 0) is 18.6 Å². The Kier molecular flexibility index (Phi) is 6.93. The molecule has 0 aromatic heterocycles. The standard InChI is InChI=1S/C17H17Cl2NO4S/c1-3-24-17(22)14-12(8-25)20-7-10(16(21)23-2)13(14)9-5-4-6-11(18)15(9)19/h4-8,10,12-14H,3H2,1-2H3. The zero-order valence-corrected chi connectivity index (χ0v) is 16.0. The third kappa shape index (κ3) is 4.02. The molecule has 5 nitrogen and oxygen atoms in total. The third-order valence-electron chi connectivity index (χ3n) is 4.07. The average Bonchev–Trinajstić information content (AvgIpc) is 2.62. The number of rotatable bonds is 5. The van der Waals surface area contributed by atoms with Gasteiger partial charge in [0.1, 0.15) is 0 Å². The van der Waals surface area contributed by atoms with E-state index >= 15 is 0 Å². The second-order valence-corrected chi connectivity index (χ2v) is 6.48. The highest BCUT2D eigenvalue weighted by molar-refractivity contribution is 7.79. The van der Waals surface area contributed by atoms with Crippen LogP contribution in [0.1, 0.15) is 18.4 Å². The maximum absolute atomic E-state index is 12.6. The molecule has 0 bridgehead atoms. The van der Waals surface area contributed by atoms with Gasteiger partial charge < -0.3 is 9.47 Å². The molecule has 1 aliphatic rings. The fraction of sp³-hybridized carbons (Fsp3) is 0.412. The van der Waals surface area contributed by atoms with E-state index < -0.39 is 35.7 Å². The van der Waals surface area contributed by atoms with Crippen molar-refractivity contribution in [2.45, 2.75) is 18.9 Å². The molecule has 1 aliphatic heterocycles. The molecular weight excluding hydrogens is 385 g/mol. The largest absolute Gasteiger partial charge is 0.469 e. The first-order valence-electron chi connectivity index (χ1n) is 7.63. The van der Waals surface area contributed by atoms with Crippen molar-refractivity contribution in [1.82, 2.24) is 0 Å². The summed E-state index contributed by atoms with van der Waals surface area (Å²) in [5.41, 5.74) is 0.551. The number of carbonyl (C=O) groups excluding carboxylic acids is 2. The molecule has 0 amide bonds. The Morgan fingerprint density at radius 2 is 2.04 bits per heavy atom. The number of hydrogen-bond donors (Lipinski definition) is 0. The van der Waals surface area contributed by atoms with Crippen LogP contribution >= 0.6 is 35.4 Å². The number of carbonyl (C=O) groups is 2. The van der Waals surface area contributed by atoms with E-state index in [1.165, 1.54) is 18.7 Å². The Balaban J connectivity index is 2.64. The van der Waals surface area contributed by atoms with Gasteiger partial charge in [-0.25, -0.2) is 0 Å². The van der Waals surface area contributed by atoms with Gasteiger partial charge in [-0.2, -0.15) is 0 Å². The van der Waals surface area contributed by atoms with Crippen LogP contribution in [0.4, 0.5) is 0 Å².